The molecule has 1 saturated heterocycles. The molecular formula is C17H24FNO5S. The number of piperidine rings is 1. The van der Waals surface area contributed by atoms with Crippen LogP contribution in [0, 0.1) is 0 Å². The molecule has 0 aliphatic carbocycles. The number of carbonyl (C=O) groups is 1. The van der Waals surface area contributed by atoms with Crippen LogP contribution in [0.3, 0.4) is 0 Å². The molecule has 0 N–H and O–H groups in total. The van der Waals surface area contributed by atoms with E-state index in [0.717, 1.165) is 0 Å². The maximum absolute atomic E-state index is 14.3. The summed E-state index contributed by atoms with van der Waals surface area (Å²) in [6.07, 6.45) is -3.20. The summed E-state index contributed by atoms with van der Waals surface area (Å²) in [6, 6.07) is 8.56. The third-order valence-corrected chi connectivity index (χ3v) is 4.82. The molecule has 0 saturated carbocycles. The Balaban J connectivity index is 1.92. The standard InChI is InChI=1S/C17H24FNO5S/c1-17(2,3)23-16(20)19-10-9-15(14(18)11-19)24-25(21,22)12-13-7-5-4-6-8-13/h4-8,14-15H,9-12H2,1-3H3/t14-,15+/m0/s1. The molecule has 1 aromatic rings. The maximum atomic E-state index is 14.3. The molecule has 1 aromatic carbocycles. The van der Waals surface area contributed by atoms with Gasteiger partial charge in [-0.3, -0.25) is 4.18 Å². The lowest BCUT2D eigenvalue weighted by molar-refractivity contribution is -0.00895. The van der Waals surface area contributed by atoms with Crippen molar-refractivity contribution >= 4 is 16.2 Å². The molecule has 1 aliphatic heterocycles. The highest BCUT2D eigenvalue weighted by Crippen LogP contribution is 2.22. The van der Waals surface area contributed by atoms with E-state index in [2.05, 4.69) is 0 Å². The summed E-state index contributed by atoms with van der Waals surface area (Å²) in [7, 11) is -3.91. The Morgan fingerprint density at radius 3 is 2.48 bits per heavy atom. The van der Waals surface area contributed by atoms with Gasteiger partial charge in [-0.1, -0.05) is 30.3 Å². The molecule has 1 heterocycles. The van der Waals surface area contributed by atoms with Gasteiger partial charge in [-0.05, 0) is 32.8 Å². The van der Waals surface area contributed by atoms with Crippen LogP contribution in [0.15, 0.2) is 30.3 Å². The fourth-order valence-corrected chi connectivity index (χ4v) is 3.75. The van der Waals surface area contributed by atoms with E-state index in [1.54, 1.807) is 51.1 Å². The largest absolute Gasteiger partial charge is 0.444 e. The number of likely N-dealkylation sites (tertiary alicyclic amines) is 1. The summed E-state index contributed by atoms with van der Waals surface area (Å²) < 4.78 is 48.8. The molecule has 2 atom stereocenters. The monoisotopic (exact) mass is 373 g/mol. The van der Waals surface area contributed by atoms with Gasteiger partial charge in [0.05, 0.1) is 6.54 Å². The zero-order chi connectivity index (χ0) is 18.7. The van der Waals surface area contributed by atoms with Gasteiger partial charge in [0.25, 0.3) is 10.1 Å². The number of hydrogen-bond acceptors (Lipinski definition) is 5. The van der Waals surface area contributed by atoms with Crippen LogP contribution < -0.4 is 0 Å². The number of ether oxygens (including phenoxy) is 1. The third-order valence-electron chi connectivity index (χ3n) is 3.59. The second-order valence-electron chi connectivity index (χ2n) is 7.05. The summed E-state index contributed by atoms with van der Waals surface area (Å²) in [6.45, 7) is 5.11. The van der Waals surface area contributed by atoms with Crippen molar-refractivity contribution < 1.29 is 26.5 Å². The van der Waals surface area contributed by atoms with Gasteiger partial charge in [0.2, 0.25) is 0 Å². The molecule has 25 heavy (non-hydrogen) atoms. The lowest BCUT2D eigenvalue weighted by Crippen LogP contribution is -2.50. The highest BCUT2D eigenvalue weighted by Gasteiger charge is 2.36. The van der Waals surface area contributed by atoms with E-state index in [9.17, 15) is 17.6 Å². The second kappa shape index (κ2) is 7.70. The fourth-order valence-electron chi connectivity index (χ4n) is 2.48. The molecule has 0 aromatic heterocycles. The molecular weight excluding hydrogens is 349 g/mol. The first-order valence-electron chi connectivity index (χ1n) is 8.13. The number of benzene rings is 1. The number of nitrogens with zero attached hydrogens (tertiary/aromatic N) is 1. The molecule has 1 aliphatic rings. The smallest absolute Gasteiger partial charge is 0.410 e. The van der Waals surface area contributed by atoms with Gasteiger partial charge in [-0.2, -0.15) is 8.42 Å². The predicted octanol–water partition coefficient (Wildman–Crippen LogP) is 2.88. The van der Waals surface area contributed by atoms with Crippen LogP contribution in [0.5, 0.6) is 0 Å². The Bertz CT molecular complexity index is 687. The molecule has 1 fully saturated rings. The number of amides is 1. The molecule has 8 heteroatoms. The Hall–Kier alpha value is -1.67. The van der Waals surface area contributed by atoms with Crippen molar-refractivity contribution in [3.8, 4) is 0 Å². The zero-order valence-corrected chi connectivity index (χ0v) is 15.5. The lowest BCUT2D eigenvalue weighted by atomic mass is 10.1. The first-order valence-corrected chi connectivity index (χ1v) is 9.70. The van der Waals surface area contributed by atoms with Crippen molar-refractivity contribution in [1.82, 2.24) is 4.90 Å². The van der Waals surface area contributed by atoms with Crippen molar-refractivity contribution in [3.05, 3.63) is 35.9 Å². The van der Waals surface area contributed by atoms with Crippen LogP contribution in [-0.2, 0) is 24.8 Å². The molecule has 0 unspecified atom stereocenters. The van der Waals surface area contributed by atoms with Crippen molar-refractivity contribution in [2.24, 2.45) is 0 Å². The minimum absolute atomic E-state index is 0.0917. The van der Waals surface area contributed by atoms with Crippen LogP contribution in [0.4, 0.5) is 9.18 Å². The van der Waals surface area contributed by atoms with Crippen LogP contribution in [0.25, 0.3) is 0 Å². The summed E-state index contributed by atoms with van der Waals surface area (Å²) >= 11 is 0. The van der Waals surface area contributed by atoms with Gasteiger partial charge in [-0.25, -0.2) is 9.18 Å². The van der Waals surface area contributed by atoms with E-state index in [1.807, 2.05) is 0 Å². The van der Waals surface area contributed by atoms with Crippen molar-refractivity contribution in [3.63, 3.8) is 0 Å². The average molecular weight is 373 g/mol. The van der Waals surface area contributed by atoms with Crippen LogP contribution in [-0.4, -0.2) is 50.4 Å². The molecule has 1 amide bonds. The SMILES string of the molecule is CC(C)(C)OC(=O)N1CC[C@@H](OS(=O)(=O)Cc2ccccc2)[C@@H](F)C1. The van der Waals surface area contributed by atoms with Gasteiger partial charge < -0.3 is 9.64 Å². The van der Waals surface area contributed by atoms with Gasteiger partial charge in [0.15, 0.2) is 0 Å². The van der Waals surface area contributed by atoms with E-state index < -0.39 is 34.1 Å². The number of halogens is 1. The van der Waals surface area contributed by atoms with E-state index in [4.69, 9.17) is 8.92 Å². The second-order valence-corrected chi connectivity index (χ2v) is 8.65. The summed E-state index contributed by atoms with van der Waals surface area (Å²) in [5, 5.41) is 0. The molecule has 0 radical (unpaired) electrons. The third kappa shape index (κ3) is 6.28. The lowest BCUT2D eigenvalue weighted by Gasteiger charge is -2.35. The molecule has 0 spiro atoms. The predicted molar refractivity (Wildman–Crippen MR) is 91.3 cm³/mol. The Kier molecular flexibility index (Phi) is 6.05. The van der Waals surface area contributed by atoms with E-state index >= 15 is 0 Å². The number of alkyl halides is 1. The molecule has 6 nitrogen and oxygen atoms in total. The fraction of sp³-hybridized carbons (Fsp3) is 0.588. The zero-order valence-electron chi connectivity index (χ0n) is 14.6. The minimum Gasteiger partial charge on any atom is -0.444 e. The van der Waals surface area contributed by atoms with Crippen molar-refractivity contribution in [2.75, 3.05) is 13.1 Å². The van der Waals surface area contributed by atoms with E-state index in [0.29, 0.717) is 5.56 Å². The Labute approximate surface area is 148 Å². The van der Waals surface area contributed by atoms with Gasteiger partial charge in [0.1, 0.15) is 23.6 Å². The topological polar surface area (TPSA) is 72.9 Å². The quantitative estimate of drug-likeness (QED) is 0.759. The molecule has 2 rings (SSSR count). The van der Waals surface area contributed by atoms with Gasteiger partial charge in [-0.15, -0.1) is 0 Å². The normalized spacial score (nSPS) is 21.8. The van der Waals surface area contributed by atoms with Gasteiger partial charge >= 0.3 is 6.09 Å². The number of hydrogen-bond donors (Lipinski definition) is 0. The van der Waals surface area contributed by atoms with Crippen LogP contribution >= 0.6 is 0 Å². The van der Waals surface area contributed by atoms with E-state index in [1.165, 1.54) is 4.90 Å². The number of rotatable bonds is 4. The molecule has 140 valence electrons. The van der Waals surface area contributed by atoms with Crippen LogP contribution in [0.1, 0.15) is 32.8 Å². The average Bonchev–Trinajstić information content (AvgIpc) is 2.48. The van der Waals surface area contributed by atoms with E-state index in [-0.39, 0.29) is 25.3 Å². The summed E-state index contributed by atoms with van der Waals surface area (Å²) in [5.41, 5.74) is -0.0981. The molecule has 0 bridgehead atoms. The van der Waals surface area contributed by atoms with Crippen LogP contribution in [0.2, 0.25) is 0 Å². The minimum atomic E-state index is -3.91. The summed E-state index contributed by atoms with van der Waals surface area (Å²) in [5.74, 6) is -0.313. The number of carbonyl (C=O) groups excluding carboxylic acids is 1. The van der Waals surface area contributed by atoms with Crippen molar-refractivity contribution in [2.45, 2.75) is 50.8 Å². The van der Waals surface area contributed by atoms with Crippen molar-refractivity contribution in [1.29, 1.82) is 0 Å². The highest BCUT2D eigenvalue weighted by molar-refractivity contribution is 7.85. The summed E-state index contributed by atoms with van der Waals surface area (Å²) in [4.78, 5) is 13.2. The first-order chi connectivity index (χ1) is 11.6. The maximum Gasteiger partial charge on any atom is 0.410 e. The van der Waals surface area contributed by atoms with Gasteiger partial charge in [0, 0.05) is 6.54 Å². The first kappa shape index (κ1) is 19.7. The Morgan fingerprint density at radius 2 is 1.92 bits per heavy atom. The Morgan fingerprint density at radius 1 is 1.28 bits per heavy atom. The highest BCUT2D eigenvalue weighted by atomic mass is 32.2.